The summed E-state index contributed by atoms with van der Waals surface area (Å²) in [5.41, 5.74) is 2.53. The molecule has 5 heteroatoms. The van der Waals surface area contributed by atoms with Crippen LogP contribution in [0.1, 0.15) is 10.4 Å². The van der Waals surface area contributed by atoms with E-state index in [0.29, 0.717) is 5.56 Å². The predicted octanol–water partition coefficient (Wildman–Crippen LogP) is -1.77. The van der Waals surface area contributed by atoms with Crippen molar-refractivity contribution in [2.24, 2.45) is 5.84 Å². The monoisotopic (exact) mass is 169 g/mol. The third kappa shape index (κ3) is 2.48. The van der Waals surface area contributed by atoms with Crippen molar-refractivity contribution in [1.29, 1.82) is 0 Å². The first-order valence-corrected chi connectivity index (χ1v) is 2.75. The molecule has 0 unspecified atom stereocenters. The van der Waals surface area contributed by atoms with Gasteiger partial charge in [0.15, 0.2) is 0 Å². The summed E-state index contributed by atoms with van der Waals surface area (Å²) in [5, 5.41) is 0. The van der Waals surface area contributed by atoms with Gasteiger partial charge in [-0.25, -0.2) is 5.84 Å². The third-order valence-corrected chi connectivity index (χ3v) is 1.07. The molecular weight excluding hydrogens is 158 g/mol. The van der Waals surface area contributed by atoms with E-state index in [1.165, 1.54) is 12.4 Å². The number of hydrazine groups is 1. The van der Waals surface area contributed by atoms with Crippen LogP contribution in [0.3, 0.4) is 0 Å². The summed E-state index contributed by atoms with van der Waals surface area (Å²) in [6, 6.07) is 3.17. The lowest BCUT2D eigenvalue weighted by Gasteiger charge is -1.95. The lowest BCUT2D eigenvalue weighted by Crippen LogP contribution is -2.29. The summed E-state index contributed by atoms with van der Waals surface area (Å²) in [7, 11) is 0. The molecule has 0 radical (unpaired) electrons. The largest absolute Gasteiger partial charge is 0.290 e. The molecule has 0 saturated carbocycles. The van der Waals surface area contributed by atoms with Gasteiger partial charge < -0.3 is 0 Å². The van der Waals surface area contributed by atoms with Crippen molar-refractivity contribution in [2.45, 2.75) is 0 Å². The highest BCUT2D eigenvalue weighted by Gasteiger charge is 1.98. The minimum Gasteiger partial charge on any atom is -0.290 e. The molecule has 0 aromatic carbocycles. The van der Waals surface area contributed by atoms with Gasteiger partial charge in [-0.15, -0.1) is 0 Å². The van der Waals surface area contributed by atoms with Crippen molar-refractivity contribution in [3.63, 3.8) is 0 Å². The van der Waals surface area contributed by atoms with Crippen LogP contribution in [0.5, 0.6) is 0 Å². The highest BCUT2D eigenvalue weighted by atomic mass is 28.1. The lowest BCUT2D eigenvalue weighted by atomic mass is 10.3. The first-order valence-electron chi connectivity index (χ1n) is 2.75. The molecule has 1 rings (SSSR count). The second-order valence-corrected chi connectivity index (χ2v) is 1.71. The third-order valence-electron chi connectivity index (χ3n) is 1.07. The molecule has 60 valence electrons. The summed E-state index contributed by atoms with van der Waals surface area (Å²) in [6.07, 6.45) is 3.06. The fourth-order valence-corrected chi connectivity index (χ4v) is 0.587. The van der Waals surface area contributed by atoms with Crippen LogP contribution in [0.4, 0.5) is 0 Å². The van der Waals surface area contributed by atoms with Gasteiger partial charge in [-0.2, -0.15) is 0 Å². The molecule has 1 aromatic rings. The molecule has 0 aliphatic carbocycles. The Bertz CT molecular complexity index is 227. The molecule has 1 heterocycles. The molecule has 0 bridgehead atoms. The molecule has 0 aliphatic heterocycles. The van der Waals surface area contributed by atoms with Crippen molar-refractivity contribution in [2.75, 3.05) is 0 Å². The van der Waals surface area contributed by atoms with Gasteiger partial charge in [0.2, 0.25) is 0 Å². The molecule has 0 fully saturated rings. The number of nitrogen functional groups attached to an aromatic ring is 1. The van der Waals surface area contributed by atoms with Gasteiger partial charge in [0, 0.05) is 18.0 Å². The van der Waals surface area contributed by atoms with Gasteiger partial charge in [0.1, 0.15) is 0 Å². The maximum atomic E-state index is 10.7. The first kappa shape index (κ1) is 9.80. The predicted molar refractivity (Wildman–Crippen MR) is 47.2 cm³/mol. The van der Waals surface area contributed by atoms with Crippen molar-refractivity contribution in [3.8, 4) is 0 Å². The Morgan fingerprint density at radius 2 is 2.00 bits per heavy atom. The molecule has 0 aliphatic rings. The van der Waals surface area contributed by atoms with E-state index in [9.17, 15) is 4.79 Å². The number of carbonyl (C=O) groups is 1. The summed E-state index contributed by atoms with van der Waals surface area (Å²) < 4.78 is 0. The number of hydrogen-bond acceptors (Lipinski definition) is 3. The molecule has 11 heavy (non-hydrogen) atoms. The minimum absolute atomic E-state index is 0. The summed E-state index contributed by atoms with van der Waals surface area (Å²) in [5.74, 6) is 4.58. The number of amides is 1. The van der Waals surface area contributed by atoms with Crippen LogP contribution in [-0.2, 0) is 0 Å². The Morgan fingerprint density at radius 1 is 1.45 bits per heavy atom. The summed E-state index contributed by atoms with van der Waals surface area (Å²) in [4.78, 5) is 14.5. The lowest BCUT2D eigenvalue weighted by molar-refractivity contribution is 0.0953. The second-order valence-electron chi connectivity index (χ2n) is 1.71. The average molecular weight is 169 g/mol. The second kappa shape index (κ2) is 4.59. The van der Waals surface area contributed by atoms with E-state index in [1.54, 1.807) is 12.1 Å². The number of hydrogen-bond donors (Lipinski definition) is 2. The zero-order chi connectivity index (χ0) is 7.40. The van der Waals surface area contributed by atoms with E-state index in [-0.39, 0.29) is 16.9 Å². The molecule has 1 aromatic heterocycles. The van der Waals surface area contributed by atoms with Crippen molar-refractivity contribution < 1.29 is 4.79 Å². The smallest absolute Gasteiger partial charge is 0.265 e. The Labute approximate surface area is 68.8 Å². The fourth-order valence-electron chi connectivity index (χ4n) is 0.587. The van der Waals surface area contributed by atoms with Gasteiger partial charge in [-0.05, 0) is 23.1 Å². The van der Waals surface area contributed by atoms with Crippen molar-refractivity contribution >= 4 is 16.9 Å². The Balaban J connectivity index is 0.000001000. The molecule has 0 saturated heterocycles. The Hall–Kier alpha value is -1.20. The SMILES string of the molecule is NNC(=O)c1ccncc1.[SiH4]. The van der Waals surface area contributed by atoms with Crippen LogP contribution in [0.2, 0.25) is 0 Å². The van der Waals surface area contributed by atoms with Gasteiger partial charge in [0.25, 0.3) is 5.91 Å². The molecule has 3 N–H and O–H groups in total. The Kier molecular flexibility index (Phi) is 4.09. The summed E-state index contributed by atoms with van der Waals surface area (Å²) >= 11 is 0. The van der Waals surface area contributed by atoms with Crippen molar-refractivity contribution in [1.82, 2.24) is 10.4 Å². The molecule has 4 nitrogen and oxygen atoms in total. The van der Waals surface area contributed by atoms with Crippen molar-refractivity contribution in [3.05, 3.63) is 30.1 Å². The van der Waals surface area contributed by atoms with E-state index in [1.807, 2.05) is 5.43 Å². The first-order chi connectivity index (χ1) is 4.84. The topological polar surface area (TPSA) is 68.0 Å². The molecular formula is C6H11N3OSi. The number of aromatic nitrogens is 1. The number of nitrogens with one attached hydrogen (secondary N) is 1. The maximum Gasteiger partial charge on any atom is 0.265 e. The molecule has 1 amide bonds. The van der Waals surface area contributed by atoms with Crippen LogP contribution in [-0.4, -0.2) is 21.9 Å². The van der Waals surface area contributed by atoms with Crippen LogP contribution < -0.4 is 11.3 Å². The molecule has 0 atom stereocenters. The quantitative estimate of drug-likeness (QED) is 0.226. The van der Waals surface area contributed by atoms with Gasteiger partial charge >= 0.3 is 0 Å². The van der Waals surface area contributed by atoms with Gasteiger partial charge in [0.05, 0.1) is 0 Å². The highest BCUT2D eigenvalue weighted by molar-refractivity contribution is 5.93. The number of carbonyl (C=O) groups excluding carboxylic acids is 1. The van der Waals surface area contributed by atoms with Crippen LogP contribution in [0.25, 0.3) is 0 Å². The highest BCUT2D eigenvalue weighted by Crippen LogP contribution is 1.93. The minimum atomic E-state index is -0.303. The Morgan fingerprint density at radius 3 is 2.45 bits per heavy atom. The van der Waals surface area contributed by atoms with Crippen LogP contribution >= 0.6 is 0 Å². The maximum absolute atomic E-state index is 10.7. The van der Waals surface area contributed by atoms with E-state index >= 15 is 0 Å². The van der Waals surface area contributed by atoms with E-state index in [2.05, 4.69) is 4.98 Å². The number of rotatable bonds is 1. The van der Waals surface area contributed by atoms with Crippen LogP contribution in [0.15, 0.2) is 24.5 Å². The summed E-state index contributed by atoms with van der Waals surface area (Å²) in [6.45, 7) is 0. The number of pyridine rings is 1. The average Bonchev–Trinajstić information content (AvgIpc) is 2.05. The van der Waals surface area contributed by atoms with E-state index < -0.39 is 0 Å². The number of nitrogens with zero attached hydrogens (tertiary/aromatic N) is 1. The zero-order valence-corrected chi connectivity index (χ0v) is 5.24. The normalized spacial score (nSPS) is 8.09. The fraction of sp³-hybridized carbons (Fsp3) is 0. The van der Waals surface area contributed by atoms with Crippen LogP contribution in [0, 0.1) is 0 Å². The van der Waals surface area contributed by atoms with E-state index in [0.717, 1.165) is 0 Å². The zero-order valence-electron chi connectivity index (χ0n) is 5.24. The number of nitrogens with two attached hydrogens (primary N) is 1. The van der Waals surface area contributed by atoms with E-state index in [4.69, 9.17) is 5.84 Å². The molecule has 0 spiro atoms. The van der Waals surface area contributed by atoms with Gasteiger partial charge in [-0.1, -0.05) is 0 Å². The standard InChI is InChI=1S/C6H7N3O.H4Si/c7-9-6(10)5-1-3-8-4-2-5;/h1-4H,7H2,(H,9,10);1H4. The van der Waals surface area contributed by atoms with Gasteiger partial charge in [-0.3, -0.25) is 15.2 Å².